The molecule has 3 heteroatoms. The Hall–Kier alpha value is -1.77. The van der Waals surface area contributed by atoms with Gasteiger partial charge in [0.05, 0.1) is 11.4 Å². The van der Waals surface area contributed by atoms with Gasteiger partial charge in [-0.05, 0) is 24.5 Å². The van der Waals surface area contributed by atoms with Crippen LogP contribution in [-0.2, 0) is 6.42 Å². The van der Waals surface area contributed by atoms with Crippen molar-refractivity contribution in [1.82, 2.24) is 9.78 Å². The highest BCUT2D eigenvalue weighted by Crippen LogP contribution is 2.28. The Morgan fingerprint density at radius 3 is 2.35 bits per heavy atom. The molecule has 1 aromatic carbocycles. The summed E-state index contributed by atoms with van der Waals surface area (Å²) < 4.78 is 1.84. The molecule has 2 rings (SSSR count). The first kappa shape index (κ1) is 11.7. The van der Waals surface area contributed by atoms with E-state index in [2.05, 4.69) is 25.9 Å². The molecule has 90 valence electrons. The third kappa shape index (κ3) is 2.05. The first-order chi connectivity index (χ1) is 8.15. The summed E-state index contributed by atoms with van der Waals surface area (Å²) in [5.41, 5.74) is 9.51. The molecule has 0 aliphatic carbocycles. The Bertz CT molecular complexity index is 498. The van der Waals surface area contributed by atoms with Crippen LogP contribution in [0.15, 0.2) is 30.3 Å². The summed E-state index contributed by atoms with van der Waals surface area (Å²) in [6, 6.07) is 10.0. The quantitative estimate of drug-likeness (QED) is 0.878. The Kier molecular flexibility index (Phi) is 3.18. The van der Waals surface area contributed by atoms with Crippen molar-refractivity contribution in [2.75, 3.05) is 5.73 Å². The SMILES string of the molecule is CCc1nn(-c2ccccc2)c(N)c1C(C)C. The minimum absolute atomic E-state index is 0.405. The predicted molar refractivity (Wildman–Crippen MR) is 71.4 cm³/mol. The molecule has 3 nitrogen and oxygen atoms in total. The van der Waals surface area contributed by atoms with Gasteiger partial charge in [-0.2, -0.15) is 5.10 Å². The molecule has 0 fully saturated rings. The van der Waals surface area contributed by atoms with Gasteiger partial charge in [-0.15, -0.1) is 0 Å². The maximum absolute atomic E-state index is 6.21. The van der Waals surface area contributed by atoms with E-state index in [0.29, 0.717) is 5.92 Å². The van der Waals surface area contributed by atoms with Gasteiger partial charge in [0.2, 0.25) is 0 Å². The molecule has 0 saturated carbocycles. The van der Waals surface area contributed by atoms with Crippen LogP contribution in [0.3, 0.4) is 0 Å². The topological polar surface area (TPSA) is 43.8 Å². The third-order valence-electron chi connectivity index (χ3n) is 2.95. The average molecular weight is 229 g/mol. The second-order valence-corrected chi connectivity index (χ2v) is 4.50. The van der Waals surface area contributed by atoms with Crippen molar-refractivity contribution >= 4 is 5.82 Å². The number of rotatable bonds is 3. The molecule has 0 spiro atoms. The van der Waals surface area contributed by atoms with Gasteiger partial charge in [-0.25, -0.2) is 4.68 Å². The zero-order chi connectivity index (χ0) is 12.4. The molecule has 0 unspecified atom stereocenters. The zero-order valence-corrected chi connectivity index (χ0v) is 10.6. The van der Waals surface area contributed by atoms with E-state index in [0.717, 1.165) is 23.6 Å². The van der Waals surface area contributed by atoms with Crippen LogP contribution in [0.2, 0.25) is 0 Å². The Morgan fingerprint density at radius 2 is 1.88 bits per heavy atom. The first-order valence-corrected chi connectivity index (χ1v) is 6.07. The van der Waals surface area contributed by atoms with Crippen molar-refractivity contribution in [3.63, 3.8) is 0 Å². The molecule has 0 bridgehead atoms. The van der Waals surface area contributed by atoms with E-state index < -0.39 is 0 Å². The van der Waals surface area contributed by atoms with Crippen LogP contribution in [0.25, 0.3) is 5.69 Å². The summed E-state index contributed by atoms with van der Waals surface area (Å²) in [4.78, 5) is 0. The molecule has 1 aromatic heterocycles. The second kappa shape index (κ2) is 4.62. The molecule has 0 radical (unpaired) electrons. The molecule has 1 heterocycles. The molecule has 0 aliphatic heterocycles. The molecule has 2 N–H and O–H groups in total. The van der Waals surface area contributed by atoms with Crippen molar-refractivity contribution in [2.24, 2.45) is 0 Å². The van der Waals surface area contributed by atoms with Crippen molar-refractivity contribution in [1.29, 1.82) is 0 Å². The van der Waals surface area contributed by atoms with Gasteiger partial charge in [-0.1, -0.05) is 39.0 Å². The molecular formula is C14H19N3. The molecule has 2 aromatic rings. The van der Waals surface area contributed by atoms with E-state index in [1.807, 2.05) is 35.0 Å². The number of hydrogen-bond acceptors (Lipinski definition) is 2. The number of benzene rings is 1. The normalized spacial score (nSPS) is 11.1. The van der Waals surface area contributed by atoms with Crippen LogP contribution in [0.4, 0.5) is 5.82 Å². The number of anilines is 1. The number of hydrogen-bond donors (Lipinski definition) is 1. The number of nitrogens with two attached hydrogens (primary N) is 1. The van der Waals surface area contributed by atoms with E-state index in [4.69, 9.17) is 5.73 Å². The first-order valence-electron chi connectivity index (χ1n) is 6.07. The minimum Gasteiger partial charge on any atom is -0.383 e. The molecule has 17 heavy (non-hydrogen) atoms. The molecule has 0 saturated heterocycles. The van der Waals surface area contributed by atoms with Gasteiger partial charge in [0.25, 0.3) is 0 Å². The van der Waals surface area contributed by atoms with Gasteiger partial charge >= 0.3 is 0 Å². The zero-order valence-electron chi connectivity index (χ0n) is 10.6. The van der Waals surface area contributed by atoms with Gasteiger partial charge in [0.15, 0.2) is 0 Å². The smallest absolute Gasteiger partial charge is 0.130 e. The standard InChI is InChI=1S/C14H19N3/c1-4-12-13(10(2)3)14(15)17(16-12)11-8-6-5-7-9-11/h5-10H,4,15H2,1-3H3. The highest BCUT2D eigenvalue weighted by molar-refractivity contribution is 5.51. The summed E-state index contributed by atoms with van der Waals surface area (Å²) in [5, 5.41) is 4.61. The molecule has 0 atom stereocenters. The maximum atomic E-state index is 6.21. The lowest BCUT2D eigenvalue weighted by Gasteiger charge is -2.07. The van der Waals surface area contributed by atoms with Crippen LogP contribution in [-0.4, -0.2) is 9.78 Å². The number of aromatic nitrogens is 2. The lowest BCUT2D eigenvalue weighted by atomic mass is 10.0. The molecule has 0 aliphatic rings. The van der Waals surface area contributed by atoms with Gasteiger partial charge in [0.1, 0.15) is 5.82 Å². The predicted octanol–water partition coefficient (Wildman–Crippen LogP) is 3.14. The summed E-state index contributed by atoms with van der Waals surface area (Å²) in [5.74, 6) is 1.17. The largest absolute Gasteiger partial charge is 0.383 e. The van der Waals surface area contributed by atoms with E-state index in [9.17, 15) is 0 Å². The fourth-order valence-electron chi connectivity index (χ4n) is 2.15. The third-order valence-corrected chi connectivity index (χ3v) is 2.95. The highest BCUT2D eigenvalue weighted by Gasteiger charge is 2.17. The fraction of sp³-hybridized carbons (Fsp3) is 0.357. The van der Waals surface area contributed by atoms with Crippen LogP contribution >= 0.6 is 0 Å². The van der Waals surface area contributed by atoms with Crippen LogP contribution in [0.5, 0.6) is 0 Å². The van der Waals surface area contributed by atoms with E-state index in [1.165, 1.54) is 5.56 Å². The minimum atomic E-state index is 0.405. The lowest BCUT2D eigenvalue weighted by molar-refractivity contribution is 0.830. The summed E-state index contributed by atoms with van der Waals surface area (Å²) >= 11 is 0. The summed E-state index contributed by atoms with van der Waals surface area (Å²) in [6.45, 7) is 6.42. The Labute approximate surface area is 102 Å². The summed E-state index contributed by atoms with van der Waals surface area (Å²) in [7, 11) is 0. The average Bonchev–Trinajstić information content (AvgIpc) is 2.67. The molecule has 0 amide bonds. The van der Waals surface area contributed by atoms with E-state index in [-0.39, 0.29) is 0 Å². The Morgan fingerprint density at radius 1 is 1.24 bits per heavy atom. The monoisotopic (exact) mass is 229 g/mol. The van der Waals surface area contributed by atoms with Gasteiger partial charge in [-0.3, -0.25) is 0 Å². The van der Waals surface area contributed by atoms with Crippen LogP contribution in [0, 0.1) is 0 Å². The molecular weight excluding hydrogens is 210 g/mol. The van der Waals surface area contributed by atoms with Crippen molar-refractivity contribution in [3.8, 4) is 5.69 Å². The Balaban J connectivity index is 2.57. The number of para-hydroxylation sites is 1. The van der Waals surface area contributed by atoms with E-state index in [1.54, 1.807) is 0 Å². The van der Waals surface area contributed by atoms with Crippen LogP contribution < -0.4 is 5.73 Å². The number of aryl methyl sites for hydroxylation is 1. The van der Waals surface area contributed by atoms with Crippen molar-refractivity contribution in [2.45, 2.75) is 33.1 Å². The van der Waals surface area contributed by atoms with Crippen LogP contribution in [0.1, 0.15) is 37.9 Å². The lowest BCUT2D eigenvalue weighted by Crippen LogP contribution is -2.03. The van der Waals surface area contributed by atoms with E-state index >= 15 is 0 Å². The fourth-order valence-corrected chi connectivity index (χ4v) is 2.15. The van der Waals surface area contributed by atoms with Gasteiger partial charge < -0.3 is 5.73 Å². The number of nitrogens with zero attached hydrogens (tertiary/aromatic N) is 2. The number of nitrogen functional groups attached to an aromatic ring is 1. The highest BCUT2D eigenvalue weighted by atomic mass is 15.3. The maximum Gasteiger partial charge on any atom is 0.130 e. The second-order valence-electron chi connectivity index (χ2n) is 4.50. The van der Waals surface area contributed by atoms with Crippen molar-refractivity contribution < 1.29 is 0 Å². The summed E-state index contributed by atoms with van der Waals surface area (Å²) in [6.07, 6.45) is 0.914. The van der Waals surface area contributed by atoms with Crippen molar-refractivity contribution in [3.05, 3.63) is 41.6 Å². The van der Waals surface area contributed by atoms with Gasteiger partial charge in [0, 0.05) is 5.56 Å².